The number of hydrogen-bond donors (Lipinski definition) is 1. The van der Waals surface area contributed by atoms with E-state index in [1.807, 2.05) is 49.4 Å². The van der Waals surface area contributed by atoms with Gasteiger partial charge in [0.25, 0.3) is 15.9 Å². The number of hydrogen-bond acceptors (Lipinski definition) is 4. The second-order valence-corrected chi connectivity index (χ2v) is 8.32. The van der Waals surface area contributed by atoms with Gasteiger partial charge in [-0.3, -0.25) is 9.63 Å². The number of benzene rings is 3. The van der Waals surface area contributed by atoms with Crippen molar-refractivity contribution in [2.75, 3.05) is 14.2 Å². The van der Waals surface area contributed by atoms with Gasteiger partial charge in [-0.2, -0.15) is 0 Å². The minimum absolute atomic E-state index is 0.0514. The second-order valence-electron chi connectivity index (χ2n) is 6.39. The van der Waals surface area contributed by atoms with Gasteiger partial charge >= 0.3 is 0 Å². The number of sulfonamides is 1. The molecule has 1 N–H and O–H groups in total. The zero-order valence-corrected chi connectivity index (χ0v) is 16.7. The molecule has 1 atom stereocenters. The Hall–Kier alpha value is -2.74. The van der Waals surface area contributed by atoms with Crippen LogP contribution in [0.2, 0.25) is 0 Å². The molecule has 0 aliphatic carbocycles. The predicted octanol–water partition coefficient (Wildman–Crippen LogP) is 3.51. The zero-order valence-electron chi connectivity index (χ0n) is 15.9. The number of nitrogens with one attached hydrogen (secondary N) is 1. The Bertz CT molecular complexity index is 1090. The minimum atomic E-state index is -3.74. The van der Waals surface area contributed by atoms with Crippen LogP contribution < -0.4 is 5.32 Å². The summed E-state index contributed by atoms with van der Waals surface area (Å²) in [5.74, 6) is -0.274. The molecule has 0 saturated carbocycles. The third-order valence-electron chi connectivity index (χ3n) is 4.65. The summed E-state index contributed by atoms with van der Waals surface area (Å²) in [6.45, 7) is 1.92. The van der Waals surface area contributed by atoms with E-state index in [-0.39, 0.29) is 16.8 Å². The lowest BCUT2D eigenvalue weighted by Crippen LogP contribution is -2.27. The van der Waals surface area contributed by atoms with Crippen molar-refractivity contribution in [3.8, 4) is 0 Å². The minimum Gasteiger partial charge on any atom is -0.345 e. The fraction of sp³-hybridized carbons (Fsp3) is 0.190. The van der Waals surface area contributed by atoms with Crippen LogP contribution >= 0.6 is 0 Å². The van der Waals surface area contributed by atoms with Crippen molar-refractivity contribution < 1.29 is 18.0 Å². The van der Waals surface area contributed by atoms with Crippen LogP contribution in [-0.2, 0) is 14.9 Å². The lowest BCUT2D eigenvalue weighted by molar-refractivity contribution is -0.0258. The number of carbonyl (C=O) groups excluding carboxylic acids is 1. The highest BCUT2D eigenvalue weighted by molar-refractivity contribution is 7.89. The van der Waals surface area contributed by atoms with Gasteiger partial charge in [0.05, 0.1) is 18.0 Å². The number of hydroxylamine groups is 1. The number of nitrogens with zero attached hydrogens (tertiary/aromatic N) is 1. The Morgan fingerprint density at radius 2 is 1.64 bits per heavy atom. The summed E-state index contributed by atoms with van der Waals surface area (Å²) < 4.78 is 25.2. The molecule has 0 aromatic heterocycles. The summed E-state index contributed by atoms with van der Waals surface area (Å²) in [4.78, 5) is 17.4. The lowest BCUT2D eigenvalue weighted by Gasteiger charge is -2.17. The van der Waals surface area contributed by atoms with E-state index < -0.39 is 10.0 Å². The van der Waals surface area contributed by atoms with Crippen molar-refractivity contribution in [1.29, 1.82) is 0 Å². The monoisotopic (exact) mass is 398 g/mol. The van der Waals surface area contributed by atoms with Gasteiger partial charge in [-0.1, -0.05) is 46.9 Å². The first-order valence-electron chi connectivity index (χ1n) is 8.76. The number of rotatable bonds is 6. The molecular formula is C21H22N2O4S. The molecule has 0 heterocycles. The predicted molar refractivity (Wildman–Crippen MR) is 108 cm³/mol. The molecule has 6 nitrogen and oxygen atoms in total. The van der Waals surface area contributed by atoms with Crippen LogP contribution in [0.5, 0.6) is 0 Å². The van der Waals surface area contributed by atoms with E-state index in [2.05, 4.69) is 5.32 Å². The van der Waals surface area contributed by atoms with Gasteiger partial charge in [-0.25, -0.2) is 8.42 Å². The molecule has 3 aromatic carbocycles. The topological polar surface area (TPSA) is 75.7 Å². The molecule has 0 saturated heterocycles. The number of amides is 1. The Morgan fingerprint density at radius 1 is 1.00 bits per heavy atom. The van der Waals surface area contributed by atoms with Gasteiger partial charge in [-0.05, 0) is 47.5 Å². The molecule has 1 amide bonds. The number of carbonyl (C=O) groups is 1. The maximum atomic E-state index is 12.6. The van der Waals surface area contributed by atoms with E-state index in [9.17, 15) is 13.2 Å². The quantitative estimate of drug-likeness (QED) is 0.645. The molecule has 0 unspecified atom stereocenters. The van der Waals surface area contributed by atoms with E-state index in [1.54, 1.807) is 0 Å². The van der Waals surface area contributed by atoms with E-state index in [0.717, 1.165) is 20.8 Å². The highest BCUT2D eigenvalue weighted by Crippen LogP contribution is 2.24. The highest BCUT2D eigenvalue weighted by atomic mass is 32.2. The molecule has 7 heteroatoms. The van der Waals surface area contributed by atoms with Gasteiger partial charge in [-0.15, -0.1) is 0 Å². The lowest BCUT2D eigenvalue weighted by atomic mass is 9.99. The van der Waals surface area contributed by atoms with Gasteiger partial charge < -0.3 is 5.32 Å². The first-order valence-corrected chi connectivity index (χ1v) is 10.2. The molecule has 0 bridgehead atoms. The second kappa shape index (κ2) is 8.10. The van der Waals surface area contributed by atoms with Crippen molar-refractivity contribution in [3.63, 3.8) is 0 Å². The summed E-state index contributed by atoms with van der Waals surface area (Å²) in [7, 11) is -1.16. The number of fused-ring (bicyclic) bond motifs is 1. The average Bonchev–Trinajstić information content (AvgIpc) is 2.72. The summed E-state index contributed by atoms with van der Waals surface area (Å²) in [6, 6.07) is 19.5. The van der Waals surface area contributed by atoms with Crippen molar-refractivity contribution in [2.24, 2.45) is 0 Å². The molecular weight excluding hydrogens is 376 g/mol. The highest BCUT2D eigenvalue weighted by Gasteiger charge is 2.21. The normalized spacial score (nSPS) is 12.9. The zero-order chi connectivity index (χ0) is 20.3. The molecule has 3 rings (SSSR count). The molecule has 28 heavy (non-hydrogen) atoms. The van der Waals surface area contributed by atoms with Gasteiger partial charge in [0.15, 0.2) is 0 Å². The SMILES string of the molecule is CON(C)S(=O)(=O)c1ccc(C(=O)N[C@H](C)c2cccc3ccccc23)cc1. The van der Waals surface area contributed by atoms with Crippen LogP contribution in [0.3, 0.4) is 0 Å². The van der Waals surface area contributed by atoms with E-state index in [4.69, 9.17) is 4.84 Å². The van der Waals surface area contributed by atoms with Gasteiger partial charge in [0.1, 0.15) is 0 Å². The maximum Gasteiger partial charge on any atom is 0.264 e. The smallest absolute Gasteiger partial charge is 0.264 e. The van der Waals surface area contributed by atoms with Crippen LogP contribution in [0.4, 0.5) is 0 Å². The molecule has 0 aliphatic heterocycles. The van der Waals surface area contributed by atoms with E-state index in [1.165, 1.54) is 38.4 Å². The van der Waals surface area contributed by atoms with Crippen molar-refractivity contribution in [3.05, 3.63) is 77.9 Å². The molecule has 146 valence electrons. The summed E-state index contributed by atoms with van der Waals surface area (Å²) in [5.41, 5.74) is 1.40. The molecule has 3 aromatic rings. The first-order chi connectivity index (χ1) is 13.3. The van der Waals surface area contributed by atoms with Crippen molar-refractivity contribution >= 4 is 26.7 Å². The largest absolute Gasteiger partial charge is 0.345 e. The van der Waals surface area contributed by atoms with Gasteiger partial charge in [0, 0.05) is 12.6 Å². The fourth-order valence-corrected chi connectivity index (χ4v) is 3.98. The van der Waals surface area contributed by atoms with E-state index in [0.29, 0.717) is 5.56 Å². The third-order valence-corrected chi connectivity index (χ3v) is 6.34. The van der Waals surface area contributed by atoms with Crippen LogP contribution in [0, 0.1) is 0 Å². The summed E-state index contributed by atoms with van der Waals surface area (Å²) in [5, 5.41) is 5.17. The van der Waals surface area contributed by atoms with E-state index >= 15 is 0 Å². The van der Waals surface area contributed by atoms with Crippen LogP contribution in [0.1, 0.15) is 28.9 Å². The first kappa shape index (κ1) is 20.0. The average molecular weight is 398 g/mol. The molecule has 0 radical (unpaired) electrons. The van der Waals surface area contributed by atoms with Crippen LogP contribution in [0.25, 0.3) is 10.8 Å². The van der Waals surface area contributed by atoms with Crippen molar-refractivity contribution in [1.82, 2.24) is 9.79 Å². The fourth-order valence-electron chi connectivity index (χ4n) is 3.01. The van der Waals surface area contributed by atoms with Crippen molar-refractivity contribution in [2.45, 2.75) is 17.9 Å². The Morgan fingerprint density at radius 3 is 2.32 bits per heavy atom. The molecule has 0 fully saturated rings. The Labute approximate surface area is 164 Å². The molecule has 0 aliphatic rings. The summed E-state index contributed by atoms with van der Waals surface area (Å²) in [6.07, 6.45) is 0. The summed E-state index contributed by atoms with van der Waals surface area (Å²) >= 11 is 0. The maximum absolute atomic E-state index is 12.6. The van der Waals surface area contributed by atoms with Crippen LogP contribution in [-0.4, -0.2) is 33.0 Å². The Kier molecular flexibility index (Phi) is 5.79. The Balaban J connectivity index is 1.79. The van der Waals surface area contributed by atoms with Gasteiger partial charge in [0.2, 0.25) is 0 Å². The third kappa shape index (κ3) is 3.91. The van der Waals surface area contributed by atoms with Crippen LogP contribution in [0.15, 0.2) is 71.6 Å². The standard InChI is InChI=1S/C21H22N2O4S/c1-15(19-10-6-8-16-7-4-5-9-20(16)19)22-21(24)17-11-13-18(14-12-17)28(25,26)23(2)27-3/h4-15H,1-3H3,(H,22,24)/t15-/m1/s1. The molecule has 0 spiro atoms.